The summed E-state index contributed by atoms with van der Waals surface area (Å²) in [5, 5.41) is 4.41. The summed E-state index contributed by atoms with van der Waals surface area (Å²) in [6.07, 6.45) is 2.41. The van der Waals surface area contributed by atoms with E-state index in [1.54, 1.807) is 7.11 Å². The predicted molar refractivity (Wildman–Crippen MR) is 67.2 cm³/mol. The van der Waals surface area contributed by atoms with Crippen LogP contribution in [-0.2, 0) is 0 Å². The number of piperidine rings is 1. The lowest BCUT2D eigenvalue weighted by Gasteiger charge is -2.30. The number of aromatic nitrogens is 1. The Morgan fingerprint density at radius 1 is 1.62 bits per heavy atom. The quantitative estimate of drug-likeness (QED) is 0.835. The molecule has 0 bridgehead atoms. The van der Waals surface area contributed by atoms with Gasteiger partial charge in [-0.2, -0.15) is 4.37 Å². The van der Waals surface area contributed by atoms with Crippen LogP contribution in [0.1, 0.15) is 12.8 Å². The maximum absolute atomic E-state index is 5.71. The number of anilines is 2. The third-order valence-electron chi connectivity index (χ3n) is 2.84. The number of nitrogen functional groups attached to an aromatic ring is 1. The highest BCUT2D eigenvalue weighted by Gasteiger charge is 2.20. The Balaban J connectivity index is 2.02. The van der Waals surface area contributed by atoms with Crippen molar-refractivity contribution in [3.8, 4) is 5.75 Å². The fourth-order valence-electron chi connectivity index (χ4n) is 2.05. The number of ether oxygens (including phenoxy) is 1. The first-order valence-corrected chi connectivity index (χ1v) is 6.22. The highest BCUT2D eigenvalue weighted by atomic mass is 32.1. The summed E-state index contributed by atoms with van der Waals surface area (Å²) in [6.45, 7) is 2.24. The standard InChI is InChI=1S/C10H18N4OS/c1-14-5-3-4-7(6-14)12-10-8(15-2)9(11)13-16-10/h7,12H,3-6H2,1-2H3,(H2,11,13). The molecular weight excluding hydrogens is 224 g/mol. The summed E-state index contributed by atoms with van der Waals surface area (Å²) < 4.78 is 9.32. The number of nitrogens with zero attached hydrogens (tertiary/aromatic N) is 2. The fourth-order valence-corrected chi connectivity index (χ4v) is 2.82. The van der Waals surface area contributed by atoms with Crippen molar-refractivity contribution in [1.82, 2.24) is 9.27 Å². The zero-order chi connectivity index (χ0) is 11.5. The Kier molecular flexibility index (Phi) is 3.50. The van der Waals surface area contributed by atoms with E-state index in [0.717, 1.165) is 11.5 Å². The van der Waals surface area contributed by atoms with E-state index in [-0.39, 0.29) is 0 Å². The van der Waals surface area contributed by atoms with Crippen molar-refractivity contribution in [2.24, 2.45) is 0 Å². The number of hydrogen-bond acceptors (Lipinski definition) is 6. The minimum absolute atomic E-state index is 0.465. The summed E-state index contributed by atoms with van der Waals surface area (Å²) >= 11 is 1.37. The highest BCUT2D eigenvalue weighted by Crippen LogP contribution is 2.35. The molecular formula is C10H18N4OS. The molecule has 2 rings (SSSR count). The van der Waals surface area contributed by atoms with Crippen LogP contribution in [0, 0.1) is 0 Å². The van der Waals surface area contributed by atoms with Crippen LogP contribution in [0.5, 0.6) is 5.75 Å². The Labute approximate surface area is 99.7 Å². The van der Waals surface area contributed by atoms with Crippen molar-refractivity contribution < 1.29 is 4.74 Å². The van der Waals surface area contributed by atoms with Crippen molar-refractivity contribution >= 4 is 22.4 Å². The molecule has 1 atom stereocenters. The summed E-state index contributed by atoms with van der Waals surface area (Å²) in [7, 11) is 3.77. The monoisotopic (exact) mass is 242 g/mol. The molecule has 90 valence electrons. The van der Waals surface area contributed by atoms with Crippen LogP contribution < -0.4 is 15.8 Å². The maximum atomic E-state index is 5.71. The molecule has 1 unspecified atom stereocenters. The lowest BCUT2D eigenvalue weighted by Crippen LogP contribution is -2.39. The second-order valence-electron chi connectivity index (χ2n) is 4.18. The van der Waals surface area contributed by atoms with Gasteiger partial charge in [0.1, 0.15) is 0 Å². The summed E-state index contributed by atoms with van der Waals surface area (Å²) in [4.78, 5) is 2.33. The molecule has 3 N–H and O–H groups in total. The topological polar surface area (TPSA) is 63.4 Å². The van der Waals surface area contributed by atoms with Crippen molar-refractivity contribution in [2.75, 3.05) is 38.3 Å². The van der Waals surface area contributed by atoms with Gasteiger partial charge in [-0.05, 0) is 38.0 Å². The molecule has 0 amide bonds. The third kappa shape index (κ3) is 2.38. The Morgan fingerprint density at radius 3 is 3.12 bits per heavy atom. The first-order valence-electron chi connectivity index (χ1n) is 5.45. The molecule has 1 fully saturated rings. The molecule has 1 saturated heterocycles. The molecule has 1 aromatic heterocycles. The average Bonchev–Trinajstić information content (AvgIpc) is 2.59. The first kappa shape index (κ1) is 11.5. The molecule has 0 spiro atoms. The lowest BCUT2D eigenvalue weighted by molar-refractivity contribution is 0.261. The van der Waals surface area contributed by atoms with E-state index >= 15 is 0 Å². The number of hydrogen-bond donors (Lipinski definition) is 2. The zero-order valence-corrected chi connectivity index (χ0v) is 10.5. The number of likely N-dealkylation sites (N-methyl/N-ethyl adjacent to an activating group) is 1. The van der Waals surface area contributed by atoms with Crippen LogP contribution in [0.25, 0.3) is 0 Å². The van der Waals surface area contributed by atoms with Crippen LogP contribution in [0.4, 0.5) is 10.8 Å². The summed E-state index contributed by atoms with van der Waals surface area (Å²) in [5.41, 5.74) is 5.71. The van der Waals surface area contributed by atoms with Crippen LogP contribution in [0.3, 0.4) is 0 Å². The Morgan fingerprint density at radius 2 is 2.44 bits per heavy atom. The number of methoxy groups -OCH3 is 1. The van der Waals surface area contributed by atoms with Gasteiger partial charge in [-0.25, -0.2) is 0 Å². The SMILES string of the molecule is COc1c(N)nsc1NC1CCCN(C)C1. The minimum atomic E-state index is 0.465. The van der Waals surface area contributed by atoms with Gasteiger partial charge in [0.2, 0.25) is 0 Å². The van der Waals surface area contributed by atoms with Gasteiger partial charge in [0, 0.05) is 12.6 Å². The van der Waals surface area contributed by atoms with E-state index in [2.05, 4.69) is 21.6 Å². The van der Waals surface area contributed by atoms with E-state index in [1.807, 2.05) is 0 Å². The van der Waals surface area contributed by atoms with Crippen molar-refractivity contribution in [3.63, 3.8) is 0 Å². The summed E-state index contributed by atoms with van der Waals surface area (Å²) in [5.74, 6) is 1.15. The average molecular weight is 242 g/mol. The van der Waals surface area contributed by atoms with E-state index in [4.69, 9.17) is 10.5 Å². The Bertz CT molecular complexity index is 355. The number of likely N-dealkylation sites (tertiary alicyclic amines) is 1. The molecule has 1 aliphatic heterocycles. The molecule has 0 aromatic carbocycles. The number of rotatable bonds is 3. The van der Waals surface area contributed by atoms with Gasteiger partial charge in [0.25, 0.3) is 0 Å². The second kappa shape index (κ2) is 4.88. The van der Waals surface area contributed by atoms with Crippen LogP contribution >= 0.6 is 11.5 Å². The lowest BCUT2D eigenvalue weighted by atomic mass is 10.1. The van der Waals surface area contributed by atoms with E-state index in [1.165, 1.54) is 30.9 Å². The third-order valence-corrected chi connectivity index (χ3v) is 3.61. The molecule has 0 radical (unpaired) electrons. The first-order chi connectivity index (χ1) is 7.70. The van der Waals surface area contributed by atoms with Crippen LogP contribution in [-0.4, -0.2) is 42.6 Å². The molecule has 0 saturated carbocycles. The smallest absolute Gasteiger partial charge is 0.197 e. The molecule has 2 heterocycles. The van der Waals surface area contributed by atoms with Crippen molar-refractivity contribution in [2.45, 2.75) is 18.9 Å². The van der Waals surface area contributed by atoms with Gasteiger partial charge >= 0.3 is 0 Å². The molecule has 5 nitrogen and oxygen atoms in total. The number of nitrogens with two attached hydrogens (primary N) is 1. The normalized spacial score (nSPS) is 22.0. The molecule has 1 aliphatic rings. The molecule has 1 aromatic rings. The molecule has 16 heavy (non-hydrogen) atoms. The van der Waals surface area contributed by atoms with Gasteiger partial charge in [0.05, 0.1) is 7.11 Å². The molecule has 6 heteroatoms. The van der Waals surface area contributed by atoms with Gasteiger partial charge < -0.3 is 20.7 Å². The highest BCUT2D eigenvalue weighted by molar-refractivity contribution is 7.11. The van der Waals surface area contributed by atoms with Crippen LogP contribution in [0.2, 0.25) is 0 Å². The van der Waals surface area contributed by atoms with Gasteiger partial charge in [-0.1, -0.05) is 0 Å². The minimum Gasteiger partial charge on any atom is -0.490 e. The fraction of sp³-hybridized carbons (Fsp3) is 0.700. The van der Waals surface area contributed by atoms with Crippen molar-refractivity contribution in [3.05, 3.63) is 0 Å². The van der Waals surface area contributed by atoms with Gasteiger partial charge in [-0.3, -0.25) is 0 Å². The predicted octanol–water partition coefficient (Wildman–Crippen LogP) is 1.24. The van der Waals surface area contributed by atoms with E-state index in [0.29, 0.717) is 17.6 Å². The zero-order valence-electron chi connectivity index (χ0n) is 9.69. The van der Waals surface area contributed by atoms with E-state index in [9.17, 15) is 0 Å². The van der Waals surface area contributed by atoms with Crippen molar-refractivity contribution in [1.29, 1.82) is 0 Å². The largest absolute Gasteiger partial charge is 0.490 e. The molecule has 0 aliphatic carbocycles. The Hall–Kier alpha value is -1.01. The van der Waals surface area contributed by atoms with E-state index < -0.39 is 0 Å². The second-order valence-corrected chi connectivity index (χ2v) is 4.95. The van der Waals surface area contributed by atoms with Crippen LogP contribution in [0.15, 0.2) is 0 Å². The van der Waals surface area contributed by atoms with Gasteiger partial charge in [0.15, 0.2) is 16.6 Å². The number of nitrogens with one attached hydrogen (secondary N) is 1. The maximum Gasteiger partial charge on any atom is 0.197 e. The summed E-state index contributed by atoms with van der Waals surface area (Å²) in [6, 6.07) is 0.465. The van der Waals surface area contributed by atoms with Gasteiger partial charge in [-0.15, -0.1) is 0 Å².